The Morgan fingerprint density at radius 2 is 1.94 bits per heavy atom. The molecule has 1 aromatic carbocycles. The molecule has 5 heteroatoms. The number of nitrogens with one attached hydrogen (secondary N) is 1. The quantitative estimate of drug-likeness (QED) is 0.889. The van der Waals surface area contributed by atoms with Crippen molar-refractivity contribution in [3.05, 3.63) is 42.6 Å². The Labute approximate surface area is 110 Å². The lowest BCUT2D eigenvalue weighted by atomic mass is 10.3. The Balaban J connectivity index is 2.08. The maximum Gasteiger partial charge on any atom is 0.221 e. The first-order chi connectivity index (χ1) is 8.63. The molecule has 0 bridgehead atoms. The van der Waals surface area contributed by atoms with E-state index in [0.717, 1.165) is 15.5 Å². The number of carbonyl (C=O) groups is 1. The van der Waals surface area contributed by atoms with E-state index in [1.165, 1.54) is 6.92 Å². The maximum absolute atomic E-state index is 10.9. The van der Waals surface area contributed by atoms with Crippen molar-refractivity contribution < 1.29 is 4.79 Å². The number of nitrogens with two attached hydrogens (primary N) is 1. The minimum Gasteiger partial charge on any atom is -0.384 e. The number of pyridine rings is 1. The number of nitrogens with zero attached hydrogens (tertiary/aromatic N) is 1. The van der Waals surface area contributed by atoms with Crippen LogP contribution < -0.4 is 11.1 Å². The van der Waals surface area contributed by atoms with E-state index in [9.17, 15) is 4.79 Å². The third kappa shape index (κ3) is 3.49. The molecule has 0 saturated heterocycles. The van der Waals surface area contributed by atoms with E-state index in [2.05, 4.69) is 10.3 Å². The first kappa shape index (κ1) is 12.4. The van der Waals surface area contributed by atoms with Crippen LogP contribution in [-0.4, -0.2) is 10.9 Å². The first-order valence-electron chi connectivity index (χ1n) is 5.40. The summed E-state index contributed by atoms with van der Waals surface area (Å²) in [5, 5.41) is 2.73. The molecule has 0 fully saturated rings. The van der Waals surface area contributed by atoms with E-state index in [-0.39, 0.29) is 5.91 Å². The average Bonchev–Trinajstić information content (AvgIpc) is 2.31. The monoisotopic (exact) mass is 259 g/mol. The predicted molar refractivity (Wildman–Crippen MR) is 73.5 cm³/mol. The summed E-state index contributed by atoms with van der Waals surface area (Å²) in [4.78, 5) is 16.9. The van der Waals surface area contributed by atoms with Crippen LogP contribution in [0.4, 0.5) is 11.5 Å². The SMILES string of the molecule is CC(=O)Nc1ccc(Sc2ccnc(N)c2)cc1. The lowest BCUT2D eigenvalue weighted by molar-refractivity contribution is -0.114. The number of carbonyl (C=O) groups excluding carboxylic acids is 1. The number of anilines is 2. The van der Waals surface area contributed by atoms with Crippen LogP contribution in [0, 0.1) is 0 Å². The molecule has 92 valence electrons. The van der Waals surface area contributed by atoms with Crippen LogP contribution in [0.25, 0.3) is 0 Å². The zero-order valence-corrected chi connectivity index (χ0v) is 10.7. The Morgan fingerprint density at radius 3 is 2.56 bits per heavy atom. The third-order valence-electron chi connectivity index (χ3n) is 2.16. The van der Waals surface area contributed by atoms with Gasteiger partial charge in [-0.1, -0.05) is 11.8 Å². The molecular weight excluding hydrogens is 246 g/mol. The van der Waals surface area contributed by atoms with E-state index in [4.69, 9.17) is 5.73 Å². The highest BCUT2D eigenvalue weighted by Crippen LogP contribution is 2.28. The second-order valence-electron chi connectivity index (χ2n) is 3.72. The van der Waals surface area contributed by atoms with Gasteiger partial charge >= 0.3 is 0 Å². The summed E-state index contributed by atoms with van der Waals surface area (Å²) >= 11 is 1.60. The van der Waals surface area contributed by atoms with Crippen molar-refractivity contribution in [1.82, 2.24) is 4.98 Å². The smallest absolute Gasteiger partial charge is 0.221 e. The number of aromatic nitrogens is 1. The average molecular weight is 259 g/mol. The molecular formula is C13H13N3OS. The minimum atomic E-state index is -0.0719. The van der Waals surface area contributed by atoms with Crippen molar-refractivity contribution in [3.8, 4) is 0 Å². The van der Waals surface area contributed by atoms with E-state index >= 15 is 0 Å². The van der Waals surface area contributed by atoms with Gasteiger partial charge in [0.25, 0.3) is 0 Å². The van der Waals surface area contributed by atoms with Crippen LogP contribution in [-0.2, 0) is 4.79 Å². The highest BCUT2D eigenvalue weighted by atomic mass is 32.2. The van der Waals surface area contributed by atoms with Crippen LogP contribution in [0.3, 0.4) is 0 Å². The molecule has 2 aromatic rings. The number of nitrogen functional groups attached to an aromatic ring is 1. The Hall–Kier alpha value is -2.01. The molecule has 0 atom stereocenters. The van der Waals surface area contributed by atoms with Gasteiger partial charge in [-0.25, -0.2) is 4.98 Å². The fourth-order valence-electron chi connectivity index (χ4n) is 1.44. The normalized spacial score (nSPS) is 10.1. The summed E-state index contributed by atoms with van der Waals surface area (Å²) in [6.07, 6.45) is 1.68. The fourth-order valence-corrected chi connectivity index (χ4v) is 2.29. The van der Waals surface area contributed by atoms with Gasteiger partial charge in [0, 0.05) is 28.6 Å². The highest BCUT2D eigenvalue weighted by molar-refractivity contribution is 7.99. The van der Waals surface area contributed by atoms with Crippen molar-refractivity contribution in [3.63, 3.8) is 0 Å². The van der Waals surface area contributed by atoms with Gasteiger partial charge in [0.05, 0.1) is 0 Å². The summed E-state index contributed by atoms with van der Waals surface area (Å²) in [6, 6.07) is 11.4. The summed E-state index contributed by atoms with van der Waals surface area (Å²) in [5.41, 5.74) is 6.41. The summed E-state index contributed by atoms with van der Waals surface area (Å²) < 4.78 is 0. The maximum atomic E-state index is 10.9. The van der Waals surface area contributed by atoms with Crippen LogP contribution in [0.1, 0.15) is 6.92 Å². The molecule has 0 aliphatic carbocycles. The van der Waals surface area contributed by atoms with Crippen molar-refractivity contribution in [2.24, 2.45) is 0 Å². The number of benzene rings is 1. The lowest BCUT2D eigenvalue weighted by Gasteiger charge is -2.05. The van der Waals surface area contributed by atoms with Gasteiger partial charge in [-0.05, 0) is 36.4 Å². The molecule has 18 heavy (non-hydrogen) atoms. The molecule has 0 saturated carbocycles. The fraction of sp³-hybridized carbons (Fsp3) is 0.0769. The van der Waals surface area contributed by atoms with E-state index in [0.29, 0.717) is 5.82 Å². The molecule has 0 spiro atoms. The number of rotatable bonds is 3. The van der Waals surface area contributed by atoms with E-state index in [1.54, 1.807) is 18.0 Å². The van der Waals surface area contributed by atoms with Crippen molar-refractivity contribution in [1.29, 1.82) is 0 Å². The standard InChI is InChI=1S/C13H13N3OS/c1-9(17)16-10-2-4-11(5-3-10)18-12-6-7-15-13(14)8-12/h2-8H,1H3,(H2,14,15)(H,16,17). The molecule has 0 radical (unpaired) electrons. The van der Waals surface area contributed by atoms with Crippen LogP contribution >= 0.6 is 11.8 Å². The first-order valence-corrected chi connectivity index (χ1v) is 6.22. The minimum absolute atomic E-state index is 0.0719. The Morgan fingerprint density at radius 1 is 1.22 bits per heavy atom. The molecule has 0 unspecified atom stereocenters. The Kier molecular flexibility index (Phi) is 3.84. The van der Waals surface area contributed by atoms with Gasteiger partial charge in [-0.3, -0.25) is 4.79 Å². The van der Waals surface area contributed by atoms with Crippen LogP contribution in [0.15, 0.2) is 52.4 Å². The molecule has 0 aliphatic rings. The van der Waals surface area contributed by atoms with Gasteiger partial charge in [0.15, 0.2) is 0 Å². The molecule has 3 N–H and O–H groups in total. The highest BCUT2D eigenvalue weighted by Gasteiger charge is 2.00. The van der Waals surface area contributed by atoms with E-state index in [1.807, 2.05) is 36.4 Å². The number of hydrogen-bond acceptors (Lipinski definition) is 4. The molecule has 1 heterocycles. The van der Waals surface area contributed by atoms with Gasteiger partial charge in [-0.2, -0.15) is 0 Å². The Bertz CT molecular complexity index is 554. The largest absolute Gasteiger partial charge is 0.384 e. The van der Waals surface area contributed by atoms with Gasteiger partial charge in [0.1, 0.15) is 5.82 Å². The number of hydrogen-bond donors (Lipinski definition) is 2. The lowest BCUT2D eigenvalue weighted by Crippen LogP contribution is -2.05. The summed E-state index contributed by atoms with van der Waals surface area (Å²) in [5.74, 6) is 0.437. The zero-order chi connectivity index (χ0) is 13.0. The molecule has 1 aromatic heterocycles. The number of amides is 1. The van der Waals surface area contributed by atoms with Crippen LogP contribution in [0.2, 0.25) is 0 Å². The van der Waals surface area contributed by atoms with Crippen molar-refractivity contribution in [2.75, 3.05) is 11.1 Å². The summed E-state index contributed by atoms with van der Waals surface area (Å²) in [6.45, 7) is 1.49. The summed E-state index contributed by atoms with van der Waals surface area (Å²) in [7, 11) is 0. The predicted octanol–water partition coefficient (Wildman–Crippen LogP) is 2.77. The van der Waals surface area contributed by atoms with Gasteiger partial charge in [-0.15, -0.1) is 0 Å². The van der Waals surface area contributed by atoms with Gasteiger partial charge < -0.3 is 11.1 Å². The van der Waals surface area contributed by atoms with Crippen molar-refractivity contribution >= 4 is 29.2 Å². The van der Waals surface area contributed by atoms with Crippen LogP contribution in [0.5, 0.6) is 0 Å². The molecule has 4 nitrogen and oxygen atoms in total. The van der Waals surface area contributed by atoms with E-state index < -0.39 is 0 Å². The zero-order valence-electron chi connectivity index (χ0n) is 9.88. The molecule has 1 amide bonds. The van der Waals surface area contributed by atoms with Crippen molar-refractivity contribution in [2.45, 2.75) is 16.7 Å². The molecule has 0 aliphatic heterocycles. The second kappa shape index (κ2) is 5.55. The molecule has 2 rings (SSSR count). The third-order valence-corrected chi connectivity index (χ3v) is 3.16. The van der Waals surface area contributed by atoms with Gasteiger partial charge in [0.2, 0.25) is 5.91 Å². The topological polar surface area (TPSA) is 68.0 Å². The second-order valence-corrected chi connectivity index (χ2v) is 4.87.